The average molecular weight is 429 g/mol. The van der Waals surface area contributed by atoms with Crippen molar-refractivity contribution in [3.8, 4) is 0 Å². The Bertz CT molecular complexity index is 304. The first-order valence-corrected chi connectivity index (χ1v) is 9.59. The van der Waals surface area contributed by atoms with Crippen molar-refractivity contribution in [2.24, 2.45) is 0 Å². The molecule has 0 aromatic heterocycles. The van der Waals surface area contributed by atoms with Gasteiger partial charge in [-0.1, -0.05) is 6.61 Å². The molecule has 0 rings (SSSR count). The van der Waals surface area contributed by atoms with Crippen molar-refractivity contribution in [2.75, 3.05) is 103 Å². The summed E-state index contributed by atoms with van der Waals surface area (Å²) in [6, 6.07) is 0. The Labute approximate surface area is 188 Å². The van der Waals surface area contributed by atoms with E-state index in [0.29, 0.717) is 0 Å². The number of likely N-dealkylation sites (N-methyl/N-ethyl adjacent to an activating group) is 3. The van der Waals surface area contributed by atoms with Gasteiger partial charge in [-0.25, -0.2) is 0 Å². The van der Waals surface area contributed by atoms with Gasteiger partial charge in [0.1, 0.15) is 13.1 Å². The summed E-state index contributed by atoms with van der Waals surface area (Å²) in [5.41, 5.74) is 0. The number of aliphatic hydroxyl groups excluding tert-OH is 2. The van der Waals surface area contributed by atoms with E-state index in [-0.39, 0.29) is 49.4 Å². The van der Waals surface area contributed by atoms with Gasteiger partial charge in [-0.15, -0.1) is 0 Å². The van der Waals surface area contributed by atoms with Gasteiger partial charge in [0.05, 0.1) is 83.2 Å². The molecule has 0 bridgehead atoms. The topological polar surface area (TPSA) is 150 Å². The van der Waals surface area contributed by atoms with Crippen molar-refractivity contribution in [3.05, 3.63) is 0 Å². The van der Waals surface area contributed by atoms with E-state index in [0.717, 1.165) is 33.1 Å². The van der Waals surface area contributed by atoms with Gasteiger partial charge in [-0.2, -0.15) is 7.82 Å². The molecule has 0 amide bonds. The molecule has 12 heteroatoms. The van der Waals surface area contributed by atoms with Crippen molar-refractivity contribution in [1.29, 1.82) is 0 Å². The van der Waals surface area contributed by atoms with Crippen LogP contribution in [0.4, 0.5) is 0 Å². The standard InChI is InChI=1S/2C5H14NO.C5H13NO.Na.H3O4P/c3*1-6(2,3)4-5-7;;1-5(2,3)4/h2*7H,4-5H2,1-3H3;4-5H2,1-3H3;;(H3,1,2,3,4)/q2*+1;;+1;/p-3. The van der Waals surface area contributed by atoms with Crippen LogP contribution in [0.3, 0.4) is 0 Å². The van der Waals surface area contributed by atoms with Crippen LogP contribution in [0.15, 0.2) is 0 Å². The smallest absolute Gasteiger partial charge is 0.850 e. The van der Waals surface area contributed by atoms with E-state index >= 15 is 0 Å². The summed E-state index contributed by atoms with van der Waals surface area (Å²) >= 11 is 0. The van der Waals surface area contributed by atoms with Gasteiger partial charge in [-0.05, 0) is 0 Å². The second kappa shape index (κ2) is 18.9. The molecule has 0 aliphatic rings. The molecule has 0 unspecified atom stereocenters. The molecule has 0 fully saturated rings. The number of rotatable bonds is 6. The SMILES string of the molecule is C[N+](C)(C)CCO.C[N+](C)(C)CCO.C[N+](C)(C)CC[O-].O=P([O-])([O-])[O-].[Na+]. The van der Waals surface area contributed by atoms with Gasteiger partial charge < -0.3 is 48.0 Å². The van der Waals surface area contributed by atoms with Gasteiger partial charge in [0.15, 0.2) is 0 Å². The van der Waals surface area contributed by atoms with Crippen molar-refractivity contribution < 1.29 is 77.6 Å². The molecular weight excluding hydrogens is 388 g/mol. The molecule has 0 heterocycles. The Hall–Kier alpha value is 0.870. The van der Waals surface area contributed by atoms with Crippen molar-refractivity contribution in [1.82, 2.24) is 0 Å². The molecule has 0 saturated heterocycles. The maximum atomic E-state index is 9.93. The molecule has 164 valence electrons. The predicted molar refractivity (Wildman–Crippen MR) is 95.3 cm³/mol. The first-order valence-electron chi connectivity index (χ1n) is 8.13. The van der Waals surface area contributed by atoms with E-state index in [1.54, 1.807) is 0 Å². The molecule has 0 aromatic carbocycles. The zero-order valence-corrected chi connectivity index (χ0v) is 21.9. The summed E-state index contributed by atoms with van der Waals surface area (Å²) in [5, 5.41) is 26.7. The fourth-order valence-electron chi connectivity index (χ4n) is 0.874. The summed E-state index contributed by atoms with van der Waals surface area (Å²) in [6.07, 6.45) is 0. The molecule has 10 nitrogen and oxygen atoms in total. The van der Waals surface area contributed by atoms with E-state index < -0.39 is 7.82 Å². The van der Waals surface area contributed by atoms with Gasteiger partial charge in [0.2, 0.25) is 0 Å². The van der Waals surface area contributed by atoms with Crippen LogP contribution in [0.1, 0.15) is 0 Å². The zero-order valence-electron chi connectivity index (χ0n) is 19.0. The summed E-state index contributed by atoms with van der Waals surface area (Å²) in [7, 11) is 13.0. The van der Waals surface area contributed by atoms with Crippen LogP contribution in [-0.4, -0.2) is 127 Å². The van der Waals surface area contributed by atoms with Crippen molar-refractivity contribution in [3.63, 3.8) is 0 Å². The fourth-order valence-corrected chi connectivity index (χ4v) is 0.874. The Kier molecular flexibility index (Phi) is 26.9. The molecular formula is C15H41N3NaO7P. The third-order valence-electron chi connectivity index (χ3n) is 2.30. The number of nitrogens with zero attached hydrogens (tertiary/aromatic N) is 3. The number of hydrogen-bond acceptors (Lipinski definition) is 7. The van der Waals surface area contributed by atoms with E-state index in [4.69, 9.17) is 29.5 Å². The Morgan fingerprint density at radius 1 is 0.667 bits per heavy atom. The third-order valence-corrected chi connectivity index (χ3v) is 2.30. The van der Waals surface area contributed by atoms with Crippen LogP contribution in [0, 0.1) is 0 Å². The molecule has 27 heavy (non-hydrogen) atoms. The Morgan fingerprint density at radius 3 is 0.852 bits per heavy atom. The molecule has 0 radical (unpaired) electrons. The van der Waals surface area contributed by atoms with Crippen LogP contribution in [0.25, 0.3) is 0 Å². The minimum absolute atomic E-state index is 0. The summed E-state index contributed by atoms with van der Waals surface area (Å²) in [4.78, 5) is 25.6. The minimum atomic E-state index is -5.39. The average Bonchev–Trinajstić information content (AvgIpc) is 2.22. The number of quaternary nitrogens is 3. The van der Waals surface area contributed by atoms with Crippen molar-refractivity contribution in [2.45, 2.75) is 0 Å². The fraction of sp³-hybridized carbons (Fsp3) is 1.00. The Morgan fingerprint density at radius 2 is 0.852 bits per heavy atom. The molecule has 0 atom stereocenters. The number of hydrogen-bond donors (Lipinski definition) is 2. The van der Waals surface area contributed by atoms with Crippen LogP contribution >= 0.6 is 7.82 Å². The third kappa shape index (κ3) is 100. The number of aliphatic hydroxyl groups is 2. The van der Waals surface area contributed by atoms with Crippen LogP contribution in [-0.2, 0) is 4.57 Å². The van der Waals surface area contributed by atoms with Crippen LogP contribution in [0.2, 0.25) is 0 Å². The minimum Gasteiger partial charge on any atom is -0.850 e. The van der Waals surface area contributed by atoms with Crippen LogP contribution in [0.5, 0.6) is 0 Å². The Balaban J connectivity index is -0.0000000793. The largest absolute Gasteiger partial charge is 1.00 e. The van der Waals surface area contributed by atoms with E-state index in [1.165, 1.54) is 0 Å². The maximum absolute atomic E-state index is 9.93. The molecule has 0 aliphatic heterocycles. The van der Waals surface area contributed by atoms with Gasteiger partial charge in [-0.3, -0.25) is 0 Å². The zero-order chi connectivity index (χ0) is 22.2. The first kappa shape index (κ1) is 38.5. The molecule has 0 saturated carbocycles. The molecule has 0 spiro atoms. The normalized spacial score (nSPS) is 11.5. The molecule has 2 N–H and O–H groups in total. The summed E-state index contributed by atoms with van der Waals surface area (Å²) < 4.78 is 11.0. The van der Waals surface area contributed by atoms with Gasteiger partial charge >= 0.3 is 29.6 Å². The summed E-state index contributed by atoms with van der Waals surface area (Å²) in [5.74, 6) is 0. The first-order chi connectivity index (χ1) is 11.2. The van der Waals surface area contributed by atoms with E-state index in [9.17, 15) is 5.11 Å². The maximum Gasteiger partial charge on any atom is 1.00 e. The number of phosphoric acid groups is 1. The summed E-state index contributed by atoms with van der Waals surface area (Å²) in [6.45, 7) is 2.98. The quantitative estimate of drug-likeness (QED) is 0.242. The second-order valence-corrected chi connectivity index (χ2v) is 9.53. The van der Waals surface area contributed by atoms with Gasteiger partial charge in [0, 0.05) is 0 Å². The van der Waals surface area contributed by atoms with Crippen LogP contribution < -0.4 is 49.3 Å². The van der Waals surface area contributed by atoms with E-state index in [2.05, 4.69) is 42.3 Å². The molecule has 0 aliphatic carbocycles. The second-order valence-electron chi connectivity index (χ2n) is 8.64. The van der Waals surface area contributed by atoms with E-state index in [1.807, 2.05) is 21.1 Å². The van der Waals surface area contributed by atoms with Gasteiger partial charge in [0.25, 0.3) is 0 Å². The van der Waals surface area contributed by atoms with Crippen molar-refractivity contribution >= 4 is 7.82 Å². The monoisotopic (exact) mass is 429 g/mol. The predicted octanol–water partition coefficient (Wildman–Crippen LogP) is -7.40. The molecule has 0 aromatic rings.